The SMILES string of the molecule is Cl.O=C(c1cc(Br)ccc1Cl)N1C2CCNCC1CC2. The van der Waals surface area contributed by atoms with E-state index in [1.165, 1.54) is 0 Å². The average molecular weight is 380 g/mol. The van der Waals surface area contributed by atoms with Crippen LogP contribution in [-0.2, 0) is 0 Å². The Bertz CT molecular complexity index is 498. The lowest BCUT2D eigenvalue weighted by Gasteiger charge is -2.28. The number of halogens is 3. The highest BCUT2D eigenvalue weighted by atomic mass is 79.9. The van der Waals surface area contributed by atoms with E-state index in [-0.39, 0.29) is 18.3 Å². The molecule has 1 amide bonds. The molecule has 2 bridgehead atoms. The Morgan fingerprint density at radius 3 is 2.85 bits per heavy atom. The van der Waals surface area contributed by atoms with Crippen molar-refractivity contribution in [2.75, 3.05) is 13.1 Å². The van der Waals surface area contributed by atoms with Gasteiger partial charge >= 0.3 is 0 Å². The van der Waals surface area contributed by atoms with Crippen LogP contribution in [0.3, 0.4) is 0 Å². The van der Waals surface area contributed by atoms with Crippen molar-refractivity contribution >= 4 is 45.8 Å². The van der Waals surface area contributed by atoms with Crippen LogP contribution in [-0.4, -0.2) is 36.0 Å². The molecule has 20 heavy (non-hydrogen) atoms. The first-order valence-corrected chi connectivity index (χ1v) is 7.82. The minimum atomic E-state index is 0. The summed E-state index contributed by atoms with van der Waals surface area (Å²) in [5.74, 6) is 0.0718. The zero-order valence-corrected chi connectivity index (χ0v) is 14.1. The van der Waals surface area contributed by atoms with E-state index in [1.54, 1.807) is 6.07 Å². The van der Waals surface area contributed by atoms with Gasteiger partial charge in [0.25, 0.3) is 5.91 Å². The molecule has 2 fully saturated rings. The molecule has 1 N–H and O–H groups in total. The molecule has 0 aliphatic carbocycles. The summed E-state index contributed by atoms with van der Waals surface area (Å²) >= 11 is 9.59. The lowest BCUT2D eigenvalue weighted by molar-refractivity contribution is 0.0680. The minimum absolute atomic E-state index is 0. The first-order valence-electron chi connectivity index (χ1n) is 6.65. The van der Waals surface area contributed by atoms with Crippen molar-refractivity contribution < 1.29 is 4.79 Å². The number of carbonyl (C=O) groups is 1. The van der Waals surface area contributed by atoms with Crippen LogP contribution in [0.5, 0.6) is 0 Å². The third kappa shape index (κ3) is 2.98. The Labute approximate surface area is 138 Å². The number of fused-ring (bicyclic) bond motifs is 2. The van der Waals surface area contributed by atoms with Gasteiger partial charge in [-0.3, -0.25) is 4.79 Å². The van der Waals surface area contributed by atoms with Gasteiger partial charge in [-0.05, 0) is 44.0 Å². The predicted molar refractivity (Wildman–Crippen MR) is 86.9 cm³/mol. The Morgan fingerprint density at radius 2 is 2.05 bits per heavy atom. The van der Waals surface area contributed by atoms with E-state index in [1.807, 2.05) is 17.0 Å². The van der Waals surface area contributed by atoms with Crippen molar-refractivity contribution in [3.05, 3.63) is 33.3 Å². The first kappa shape index (κ1) is 16.1. The number of hydrogen-bond donors (Lipinski definition) is 1. The summed E-state index contributed by atoms with van der Waals surface area (Å²) in [6, 6.07) is 6.13. The van der Waals surface area contributed by atoms with E-state index in [2.05, 4.69) is 21.2 Å². The van der Waals surface area contributed by atoms with Gasteiger partial charge in [0.05, 0.1) is 10.6 Å². The number of rotatable bonds is 1. The molecule has 110 valence electrons. The fraction of sp³-hybridized carbons (Fsp3) is 0.500. The zero-order valence-electron chi connectivity index (χ0n) is 10.9. The van der Waals surface area contributed by atoms with Gasteiger partial charge in [0.15, 0.2) is 0 Å². The quantitative estimate of drug-likeness (QED) is 0.809. The Hall–Kier alpha value is -0.290. The van der Waals surface area contributed by atoms with Gasteiger partial charge in [0, 0.05) is 23.1 Å². The summed E-state index contributed by atoms with van der Waals surface area (Å²) in [5, 5.41) is 3.94. The molecule has 1 aromatic rings. The van der Waals surface area contributed by atoms with Gasteiger partial charge < -0.3 is 10.2 Å². The molecular formula is C14H17BrCl2N2O. The second kappa shape index (κ2) is 6.65. The molecule has 2 heterocycles. The maximum absolute atomic E-state index is 12.8. The van der Waals surface area contributed by atoms with E-state index in [0.717, 1.165) is 36.8 Å². The summed E-state index contributed by atoms with van der Waals surface area (Å²) in [6.45, 7) is 1.89. The van der Waals surface area contributed by atoms with Gasteiger partial charge in [-0.15, -0.1) is 12.4 Å². The standard InChI is InChI=1S/C14H16BrClN2O.ClH/c15-9-1-4-13(16)12(7-9)14(19)18-10-2-3-11(18)8-17-6-5-10;/h1,4,7,10-11,17H,2-3,5-6,8H2;1H. The largest absolute Gasteiger partial charge is 0.331 e. The molecule has 1 aromatic carbocycles. The molecule has 0 aromatic heterocycles. The van der Waals surface area contributed by atoms with Crippen molar-refractivity contribution in [2.24, 2.45) is 0 Å². The molecule has 2 unspecified atom stereocenters. The molecule has 3 nitrogen and oxygen atoms in total. The van der Waals surface area contributed by atoms with Gasteiger partial charge in [-0.25, -0.2) is 0 Å². The second-order valence-electron chi connectivity index (χ2n) is 5.21. The summed E-state index contributed by atoms with van der Waals surface area (Å²) < 4.78 is 0.889. The molecular weight excluding hydrogens is 363 g/mol. The second-order valence-corrected chi connectivity index (χ2v) is 6.54. The van der Waals surface area contributed by atoms with Crippen LogP contribution >= 0.6 is 39.9 Å². The van der Waals surface area contributed by atoms with Gasteiger partial charge in [-0.2, -0.15) is 0 Å². The number of nitrogens with one attached hydrogen (secondary N) is 1. The van der Waals surface area contributed by atoms with Gasteiger partial charge in [0.2, 0.25) is 0 Å². The molecule has 2 saturated heterocycles. The van der Waals surface area contributed by atoms with Gasteiger partial charge in [0.1, 0.15) is 0 Å². The van der Waals surface area contributed by atoms with Crippen molar-refractivity contribution in [2.45, 2.75) is 31.3 Å². The fourth-order valence-corrected chi connectivity index (χ4v) is 3.67. The third-order valence-electron chi connectivity index (χ3n) is 4.05. The van der Waals surface area contributed by atoms with Gasteiger partial charge in [-0.1, -0.05) is 27.5 Å². The molecule has 2 atom stereocenters. The molecule has 2 aliphatic rings. The monoisotopic (exact) mass is 378 g/mol. The van der Waals surface area contributed by atoms with E-state index >= 15 is 0 Å². The summed E-state index contributed by atoms with van der Waals surface area (Å²) in [4.78, 5) is 14.8. The number of carbonyl (C=O) groups excluding carboxylic acids is 1. The van der Waals surface area contributed by atoms with Crippen molar-refractivity contribution in [3.63, 3.8) is 0 Å². The van der Waals surface area contributed by atoms with E-state index < -0.39 is 0 Å². The number of hydrogen-bond acceptors (Lipinski definition) is 2. The third-order valence-corrected chi connectivity index (χ3v) is 4.87. The van der Waals surface area contributed by atoms with E-state index in [0.29, 0.717) is 22.7 Å². The lowest BCUT2D eigenvalue weighted by atomic mass is 10.1. The number of benzene rings is 1. The fourth-order valence-electron chi connectivity index (χ4n) is 3.11. The summed E-state index contributed by atoms with van der Waals surface area (Å²) in [6.07, 6.45) is 3.24. The van der Waals surface area contributed by atoms with E-state index in [9.17, 15) is 4.79 Å². The van der Waals surface area contributed by atoms with Crippen LogP contribution < -0.4 is 5.32 Å². The van der Waals surface area contributed by atoms with Crippen LogP contribution in [0.1, 0.15) is 29.6 Å². The minimum Gasteiger partial charge on any atom is -0.331 e. The first-order chi connectivity index (χ1) is 9.16. The predicted octanol–water partition coefficient (Wildman–Crippen LogP) is 3.49. The Morgan fingerprint density at radius 1 is 1.30 bits per heavy atom. The molecule has 3 rings (SSSR count). The lowest BCUT2D eigenvalue weighted by Crippen LogP contribution is -2.42. The van der Waals surface area contributed by atoms with E-state index in [4.69, 9.17) is 11.6 Å². The maximum atomic E-state index is 12.8. The molecule has 6 heteroatoms. The van der Waals surface area contributed by atoms with Crippen molar-refractivity contribution in [1.29, 1.82) is 0 Å². The van der Waals surface area contributed by atoms with Crippen molar-refractivity contribution in [1.82, 2.24) is 10.2 Å². The molecule has 2 aliphatic heterocycles. The van der Waals surface area contributed by atoms with Crippen LogP contribution in [0.2, 0.25) is 5.02 Å². The highest BCUT2D eigenvalue weighted by molar-refractivity contribution is 9.10. The van der Waals surface area contributed by atoms with Crippen LogP contribution in [0, 0.1) is 0 Å². The maximum Gasteiger partial charge on any atom is 0.255 e. The number of nitrogens with zero attached hydrogens (tertiary/aromatic N) is 1. The topological polar surface area (TPSA) is 32.3 Å². The number of amides is 1. The molecule has 0 radical (unpaired) electrons. The summed E-state index contributed by atoms with van der Waals surface area (Å²) in [5.41, 5.74) is 0.606. The average Bonchev–Trinajstić information content (AvgIpc) is 2.65. The molecule has 0 saturated carbocycles. The zero-order chi connectivity index (χ0) is 13.4. The van der Waals surface area contributed by atoms with Crippen LogP contribution in [0.25, 0.3) is 0 Å². The van der Waals surface area contributed by atoms with Crippen LogP contribution in [0.15, 0.2) is 22.7 Å². The van der Waals surface area contributed by atoms with Crippen molar-refractivity contribution in [3.8, 4) is 0 Å². The molecule has 0 spiro atoms. The normalized spacial score (nSPS) is 25.0. The Kier molecular flexibility index (Phi) is 5.35. The van der Waals surface area contributed by atoms with Crippen LogP contribution in [0.4, 0.5) is 0 Å². The highest BCUT2D eigenvalue weighted by Gasteiger charge is 2.38. The smallest absolute Gasteiger partial charge is 0.255 e. The Balaban J connectivity index is 0.00000147. The summed E-state index contributed by atoms with van der Waals surface area (Å²) in [7, 11) is 0. The highest BCUT2D eigenvalue weighted by Crippen LogP contribution is 2.31.